The molecule has 0 aromatic heterocycles. The van der Waals surface area contributed by atoms with E-state index in [0.29, 0.717) is 11.8 Å². The van der Waals surface area contributed by atoms with Gasteiger partial charge >= 0.3 is 0 Å². The molecule has 1 saturated heterocycles. The first-order valence-corrected chi connectivity index (χ1v) is 7.78. The van der Waals surface area contributed by atoms with Crippen molar-refractivity contribution in [3.05, 3.63) is 0 Å². The molecule has 20 heavy (non-hydrogen) atoms. The summed E-state index contributed by atoms with van der Waals surface area (Å²) in [6, 6.07) is -0.159. The van der Waals surface area contributed by atoms with Gasteiger partial charge in [0.25, 0.3) is 0 Å². The highest BCUT2D eigenvalue weighted by Crippen LogP contribution is 2.33. The number of nitrogens with one attached hydrogen (secondary N) is 1. The second kappa shape index (κ2) is 5.38. The molecule has 1 aliphatic heterocycles. The molecule has 0 aromatic rings. The Hall–Kier alpha value is -1.06. The van der Waals surface area contributed by atoms with E-state index in [1.807, 2.05) is 25.7 Å². The van der Waals surface area contributed by atoms with Crippen LogP contribution in [0.4, 0.5) is 0 Å². The number of carbonyl (C=O) groups is 2. The molecule has 0 radical (unpaired) electrons. The van der Waals surface area contributed by atoms with Crippen LogP contribution in [0, 0.1) is 17.3 Å². The fraction of sp³-hybridized carbons (Fsp3) is 0.875. The van der Waals surface area contributed by atoms with E-state index >= 15 is 0 Å². The van der Waals surface area contributed by atoms with E-state index in [0.717, 1.165) is 12.8 Å². The molecule has 1 N–H and O–H groups in total. The third kappa shape index (κ3) is 3.15. The van der Waals surface area contributed by atoms with Gasteiger partial charge in [-0.1, -0.05) is 34.6 Å². The Bertz CT molecular complexity index is 390. The lowest BCUT2D eigenvalue weighted by atomic mass is 9.78. The van der Waals surface area contributed by atoms with Crippen molar-refractivity contribution >= 4 is 11.8 Å². The smallest absolute Gasteiger partial charge is 0.246 e. The predicted octanol–water partition coefficient (Wildman–Crippen LogP) is 2.18. The number of rotatable bonds is 1. The Morgan fingerprint density at radius 1 is 1.05 bits per heavy atom. The van der Waals surface area contributed by atoms with Gasteiger partial charge in [-0.25, -0.2) is 0 Å². The van der Waals surface area contributed by atoms with Crippen molar-refractivity contribution in [1.29, 1.82) is 0 Å². The molecule has 2 fully saturated rings. The molecular formula is C16H28N2O2. The Morgan fingerprint density at radius 3 is 2.10 bits per heavy atom. The minimum absolute atomic E-state index is 0.0181. The van der Waals surface area contributed by atoms with Crippen LogP contribution in [0.5, 0.6) is 0 Å². The van der Waals surface area contributed by atoms with Gasteiger partial charge in [-0.3, -0.25) is 9.59 Å². The first-order chi connectivity index (χ1) is 9.18. The molecule has 1 heterocycles. The van der Waals surface area contributed by atoms with E-state index in [1.165, 1.54) is 6.42 Å². The number of piperazine rings is 1. The van der Waals surface area contributed by atoms with Gasteiger partial charge in [0.2, 0.25) is 11.8 Å². The van der Waals surface area contributed by atoms with Crippen molar-refractivity contribution in [3.8, 4) is 0 Å². The highest BCUT2D eigenvalue weighted by molar-refractivity contribution is 5.95. The van der Waals surface area contributed by atoms with Crippen molar-refractivity contribution in [1.82, 2.24) is 10.2 Å². The number of nitrogens with zero attached hydrogens (tertiary/aromatic N) is 1. The average molecular weight is 280 g/mol. The zero-order valence-corrected chi connectivity index (χ0v) is 13.4. The summed E-state index contributed by atoms with van der Waals surface area (Å²) in [7, 11) is 0. The van der Waals surface area contributed by atoms with Crippen molar-refractivity contribution in [2.45, 2.75) is 66.0 Å². The van der Waals surface area contributed by atoms with E-state index in [4.69, 9.17) is 0 Å². The molecule has 0 aromatic carbocycles. The van der Waals surface area contributed by atoms with Gasteiger partial charge in [0.15, 0.2) is 0 Å². The summed E-state index contributed by atoms with van der Waals surface area (Å²) < 4.78 is 0. The summed E-state index contributed by atoms with van der Waals surface area (Å²) in [6.07, 6.45) is 3.29. The van der Waals surface area contributed by atoms with E-state index in [-0.39, 0.29) is 29.8 Å². The van der Waals surface area contributed by atoms with Crippen molar-refractivity contribution in [3.63, 3.8) is 0 Å². The highest BCUT2D eigenvalue weighted by atomic mass is 16.2. The van der Waals surface area contributed by atoms with Gasteiger partial charge < -0.3 is 10.2 Å². The van der Waals surface area contributed by atoms with Crippen LogP contribution in [-0.4, -0.2) is 35.3 Å². The highest BCUT2D eigenvalue weighted by Gasteiger charge is 2.43. The van der Waals surface area contributed by atoms with Gasteiger partial charge in [0.05, 0.1) is 6.54 Å². The predicted molar refractivity (Wildman–Crippen MR) is 79.1 cm³/mol. The minimum atomic E-state index is -0.392. The van der Waals surface area contributed by atoms with Crippen LogP contribution in [0.25, 0.3) is 0 Å². The van der Waals surface area contributed by atoms with Crippen LogP contribution in [0.3, 0.4) is 0 Å². The summed E-state index contributed by atoms with van der Waals surface area (Å²) in [5.74, 6) is 1.35. The lowest BCUT2D eigenvalue weighted by molar-refractivity contribution is -0.151. The zero-order valence-electron chi connectivity index (χ0n) is 13.4. The van der Waals surface area contributed by atoms with Crippen LogP contribution >= 0.6 is 0 Å². The molecular weight excluding hydrogens is 252 g/mol. The van der Waals surface area contributed by atoms with E-state index < -0.39 is 6.04 Å². The maximum Gasteiger partial charge on any atom is 0.246 e. The summed E-state index contributed by atoms with van der Waals surface area (Å²) in [4.78, 5) is 26.6. The van der Waals surface area contributed by atoms with Crippen LogP contribution in [-0.2, 0) is 9.59 Å². The second-order valence-corrected chi connectivity index (χ2v) is 7.90. The van der Waals surface area contributed by atoms with Crippen molar-refractivity contribution in [2.75, 3.05) is 6.54 Å². The van der Waals surface area contributed by atoms with Gasteiger partial charge in [-0.15, -0.1) is 0 Å². The monoisotopic (exact) mass is 280 g/mol. The largest absolute Gasteiger partial charge is 0.342 e. The van der Waals surface area contributed by atoms with Crippen LogP contribution in [0.2, 0.25) is 0 Å². The fourth-order valence-electron chi connectivity index (χ4n) is 3.72. The number of amides is 2. The first kappa shape index (κ1) is 15.3. The lowest BCUT2D eigenvalue weighted by Gasteiger charge is -2.45. The van der Waals surface area contributed by atoms with Crippen LogP contribution < -0.4 is 5.32 Å². The van der Waals surface area contributed by atoms with Crippen LogP contribution in [0.1, 0.15) is 53.9 Å². The van der Waals surface area contributed by atoms with Gasteiger partial charge in [0.1, 0.15) is 6.04 Å². The standard InChI is InChI=1S/C16H28N2O2/c1-10-6-11(2)8-12(7-10)18-9-13(19)17-14(15(18)20)16(3,4)5/h10-12,14H,6-9H2,1-5H3,(H,17,19). The van der Waals surface area contributed by atoms with Gasteiger partial charge in [0, 0.05) is 6.04 Å². The number of hydrogen-bond donors (Lipinski definition) is 1. The molecule has 2 rings (SSSR count). The van der Waals surface area contributed by atoms with E-state index in [1.54, 1.807) is 0 Å². The van der Waals surface area contributed by atoms with Crippen LogP contribution in [0.15, 0.2) is 0 Å². The molecule has 1 saturated carbocycles. The van der Waals surface area contributed by atoms with Crippen molar-refractivity contribution in [2.24, 2.45) is 17.3 Å². The summed E-state index contributed by atoms with van der Waals surface area (Å²) >= 11 is 0. The Labute approximate surface area is 122 Å². The molecule has 3 atom stereocenters. The maximum atomic E-state index is 12.7. The lowest BCUT2D eigenvalue weighted by Crippen LogP contribution is -2.64. The number of hydrogen-bond acceptors (Lipinski definition) is 2. The molecule has 4 heteroatoms. The molecule has 1 aliphatic carbocycles. The van der Waals surface area contributed by atoms with E-state index in [9.17, 15) is 9.59 Å². The minimum Gasteiger partial charge on any atom is -0.342 e. The van der Waals surface area contributed by atoms with Gasteiger partial charge in [-0.05, 0) is 36.5 Å². The Morgan fingerprint density at radius 2 is 1.60 bits per heavy atom. The third-order valence-electron chi connectivity index (χ3n) is 4.61. The molecule has 2 amide bonds. The zero-order chi connectivity index (χ0) is 15.1. The molecule has 0 bridgehead atoms. The molecule has 3 unspecified atom stereocenters. The Kier molecular flexibility index (Phi) is 4.12. The summed E-state index contributed by atoms with van der Waals surface area (Å²) in [5, 5.41) is 2.87. The normalized spacial score (nSPS) is 36.0. The number of carbonyl (C=O) groups excluding carboxylic acids is 2. The summed E-state index contributed by atoms with van der Waals surface area (Å²) in [6.45, 7) is 10.7. The van der Waals surface area contributed by atoms with Gasteiger partial charge in [-0.2, -0.15) is 0 Å². The quantitative estimate of drug-likeness (QED) is 0.800. The molecule has 4 nitrogen and oxygen atoms in total. The molecule has 0 spiro atoms. The third-order valence-corrected chi connectivity index (χ3v) is 4.61. The first-order valence-electron chi connectivity index (χ1n) is 7.78. The van der Waals surface area contributed by atoms with E-state index in [2.05, 4.69) is 19.2 Å². The molecule has 2 aliphatic rings. The Balaban J connectivity index is 2.17. The molecule has 114 valence electrons. The summed E-state index contributed by atoms with van der Waals surface area (Å²) in [5.41, 5.74) is -0.239. The topological polar surface area (TPSA) is 49.4 Å². The fourth-order valence-corrected chi connectivity index (χ4v) is 3.72. The maximum absolute atomic E-state index is 12.7. The SMILES string of the molecule is CC1CC(C)CC(N2CC(=O)NC(C(C)(C)C)C2=O)C1. The van der Waals surface area contributed by atoms with Crippen molar-refractivity contribution < 1.29 is 9.59 Å². The average Bonchev–Trinajstić information content (AvgIpc) is 2.29. The second-order valence-electron chi connectivity index (χ2n) is 7.90.